The number of aliphatic carboxylic acids is 1. The van der Waals surface area contributed by atoms with Gasteiger partial charge in [0, 0.05) is 19.3 Å². The zero-order valence-corrected chi connectivity index (χ0v) is 20.6. The molecule has 2 aliphatic carbocycles. The van der Waals surface area contributed by atoms with E-state index >= 15 is 0 Å². The van der Waals surface area contributed by atoms with E-state index in [1.807, 2.05) is 38.2 Å². The molecule has 0 radical (unpaired) electrons. The maximum Gasteiger partial charge on any atom is 0.306 e. The molecule has 10 heteroatoms. The second-order valence-corrected chi connectivity index (χ2v) is 9.53. The predicted molar refractivity (Wildman–Crippen MR) is 129 cm³/mol. The zero-order valence-electron chi connectivity index (χ0n) is 20.6. The summed E-state index contributed by atoms with van der Waals surface area (Å²) in [6.07, 6.45) is 7.18. The van der Waals surface area contributed by atoms with Gasteiger partial charge in [-0.15, -0.1) is 5.10 Å². The van der Waals surface area contributed by atoms with Crippen LogP contribution >= 0.6 is 0 Å². The van der Waals surface area contributed by atoms with E-state index in [4.69, 9.17) is 19.2 Å². The van der Waals surface area contributed by atoms with Crippen LogP contribution in [0.1, 0.15) is 55.5 Å². The minimum absolute atomic E-state index is 0.121. The number of ether oxygens (including phenoxy) is 3. The number of rotatable bonds is 10. The van der Waals surface area contributed by atoms with Crippen molar-refractivity contribution in [2.45, 2.75) is 70.9 Å². The molecule has 3 aromatic rings. The third-order valence-electron chi connectivity index (χ3n) is 6.66. The van der Waals surface area contributed by atoms with Crippen LogP contribution in [0.15, 0.2) is 30.5 Å². The lowest BCUT2D eigenvalue weighted by molar-refractivity contribution is -0.143. The fraction of sp³-hybridized carbons (Fsp3) is 0.500. The number of pyridine rings is 2. The molecule has 0 amide bonds. The molecule has 10 nitrogen and oxygen atoms in total. The highest BCUT2D eigenvalue weighted by molar-refractivity contribution is 5.70. The van der Waals surface area contributed by atoms with Crippen molar-refractivity contribution in [1.82, 2.24) is 25.0 Å². The number of aromatic nitrogens is 5. The first kappa shape index (κ1) is 24.2. The van der Waals surface area contributed by atoms with Crippen molar-refractivity contribution in [3.05, 3.63) is 47.4 Å². The number of carbonyl (C=O) groups is 1. The molecular weight excluding hydrogens is 462 g/mol. The second-order valence-electron chi connectivity index (χ2n) is 9.53. The predicted octanol–water partition coefficient (Wildman–Crippen LogP) is 3.86. The lowest BCUT2D eigenvalue weighted by Gasteiger charge is -2.27. The summed E-state index contributed by atoms with van der Waals surface area (Å²) < 4.78 is 19.6. The molecule has 0 aromatic carbocycles. The summed E-state index contributed by atoms with van der Waals surface area (Å²) in [5.41, 5.74) is 3.80. The Kier molecular flexibility index (Phi) is 7.13. The van der Waals surface area contributed by atoms with Gasteiger partial charge in [0.1, 0.15) is 23.7 Å². The molecule has 0 saturated heterocycles. The van der Waals surface area contributed by atoms with Gasteiger partial charge in [-0.3, -0.25) is 4.79 Å². The van der Waals surface area contributed by atoms with Crippen LogP contribution in [0.3, 0.4) is 0 Å². The van der Waals surface area contributed by atoms with Crippen LogP contribution in [-0.2, 0) is 29.8 Å². The molecule has 1 N–H and O–H groups in total. The van der Waals surface area contributed by atoms with Crippen molar-refractivity contribution in [3.8, 4) is 23.0 Å². The molecule has 0 spiro atoms. The normalized spacial score (nSPS) is 19.7. The quantitative estimate of drug-likeness (QED) is 0.449. The largest absolute Gasteiger partial charge is 0.489 e. The summed E-state index contributed by atoms with van der Waals surface area (Å²) in [4.78, 5) is 20.4. The van der Waals surface area contributed by atoms with E-state index in [-0.39, 0.29) is 18.6 Å². The van der Waals surface area contributed by atoms with Gasteiger partial charge in [-0.25, -0.2) is 14.6 Å². The average Bonchev–Trinajstić information content (AvgIpc) is 3.64. The molecular formula is C26H31N5O5. The summed E-state index contributed by atoms with van der Waals surface area (Å²) in [5.74, 6) is 0.0729. The maximum absolute atomic E-state index is 11.4. The van der Waals surface area contributed by atoms with Gasteiger partial charge in [0.2, 0.25) is 5.88 Å². The summed E-state index contributed by atoms with van der Waals surface area (Å²) in [6, 6.07) is 7.53. The summed E-state index contributed by atoms with van der Waals surface area (Å²) >= 11 is 0. The monoisotopic (exact) mass is 493 g/mol. The van der Waals surface area contributed by atoms with E-state index in [1.54, 1.807) is 10.9 Å². The van der Waals surface area contributed by atoms with Gasteiger partial charge in [-0.2, -0.15) is 0 Å². The molecule has 3 aromatic heterocycles. The minimum Gasteiger partial charge on any atom is -0.489 e. The number of hydrogen-bond donors (Lipinski definition) is 1. The van der Waals surface area contributed by atoms with Gasteiger partial charge < -0.3 is 19.3 Å². The van der Waals surface area contributed by atoms with E-state index in [2.05, 4.69) is 15.3 Å². The number of nitrogens with zero attached hydrogens (tertiary/aromatic N) is 5. The van der Waals surface area contributed by atoms with Crippen molar-refractivity contribution in [1.29, 1.82) is 0 Å². The molecule has 0 aliphatic heterocycles. The standard InChI is InChI=1S/C26H31N5O5/c1-16-23(36-20-5-3-4-18(13-20)26(32)33)9-8-21(28-16)25-22(31(2)30-29-25)15-35-24-12-17(10-11-27-24)14-34-19-6-7-19/h8-12,18-20H,3-7,13-15H2,1-2H3,(H,32,33)/t18-,20-/m0/s1. The lowest BCUT2D eigenvalue weighted by Crippen LogP contribution is -2.29. The fourth-order valence-corrected chi connectivity index (χ4v) is 4.41. The number of hydrogen-bond acceptors (Lipinski definition) is 8. The van der Waals surface area contributed by atoms with E-state index in [9.17, 15) is 9.90 Å². The third-order valence-corrected chi connectivity index (χ3v) is 6.66. The molecule has 190 valence electrons. The van der Waals surface area contributed by atoms with Crippen LogP contribution in [0.25, 0.3) is 11.4 Å². The van der Waals surface area contributed by atoms with Gasteiger partial charge >= 0.3 is 5.97 Å². The van der Waals surface area contributed by atoms with Crippen molar-refractivity contribution in [2.24, 2.45) is 13.0 Å². The highest BCUT2D eigenvalue weighted by atomic mass is 16.5. The van der Waals surface area contributed by atoms with E-state index < -0.39 is 5.97 Å². The number of carboxylic acid groups (broad SMARTS) is 1. The molecule has 2 aliphatic rings. The van der Waals surface area contributed by atoms with Gasteiger partial charge in [0.15, 0.2) is 0 Å². The molecule has 2 atom stereocenters. The van der Waals surface area contributed by atoms with Crippen LogP contribution in [0.4, 0.5) is 0 Å². The first-order valence-electron chi connectivity index (χ1n) is 12.4. The smallest absolute Gasteiger partial charge is 0.306 e. The second kappa shape index (κ2) is 10.6. The van der Waals surface area contributed by atoms with Gasteiger partial charge in [0.25, 0.3) is 0 Å². The van der Waals surface area contributed by atoms with Crippen LogP contribution in [0.2, 0.25) is 0 Å². The summed E-state index contributed by atoms with van der Waals surface area (Å²) in [7, 11) is 1.81. The maximum atomic E-state index is 11.4. The Morgan fingerprint density at radius 3 is 2.78 bits per heavy atom. The Morgan fingerprint density at radius 2 is 2.00 bits per heavy atom. The first-order chi connectivity index (χ1) is 17.5. The van der Waals surface area contributed by atoms with Gasteiger partial charge in [-0.1, -0.05) is 5.21 Å². The number of aryl methyl sites for hydroxylation is 2. The fourth-order valence-electron chi connectivity index (χ4n) is 4.41. The van der Waals surface area contributed by atoms with Crippen molar-refractivity contribution >= 4 is 5.97 Å². The summed E-state index contributed by atoms with van der Waals surface area (Å²) in [5, 5.41) is 17.8. The lowest BCUT2D eigenvalue weighted by atomic mass is 9.87. The Hall–Kier alpha value is -3.53. The van der Waals surface area contributed by atoms with E-state index in [0.29, 0.717) is 54.3 Å². The Morgan fingerprint density at radius 1 is 1.14 bits per heavy atom. The molecule has 2 fully saturated rings. The Labute approximate surface area is 209 Å². The topological polar surface area (TPSA) is 121 Å². The third kappa shape index (κ3) is 5.81. The van der Waals surface area contributed by atoms with E-state index in [0.717, 1.165) is 36.9 Å². The van der Waals surface area contributed by atoms with Crippen molar-refractivity contribution < 1.29 is 24.1 Å². The molecule has 5 rings (SSSR count). The van der Waals surface area contributed by atoms with Crippen molar-refractivity contribution in [2.75, 3.05) is 0 Å². The van der Waals surface area contributed by atoms with Gasteiger partial charge in [-0.05, 0) is 69.2 Å². The SMILES string of the molecule is Cc1nc(-c2nnn(C)c2COc2cc(COC3CC3)ccn2)ccc1O[C@H]1CCC[C@H](C(=O)O)C1. The molecule has 0 bridgehead atoms. The minimum atomic E-state index is -0.751. The van der Waals surface area contributed by atoms with Gasteiger partial charge in [0.05, 0.1) is 36.1 Å². The Balaban J connectivity index is 1.25. The molecule has 3 heterocycles. The van der Waals surface area contributed by atoms with E-state index in [1.165, 1.54) is 0 Å². The molecule has 0 unspecified atom stereocenters. The van der Waals surface area contributed by atoms with Crippen LogP contribution in [0, 0.1) is 12.8 Å². The average molecular weight is 494 g/mol. The van der Waals surface area contributed by atoms with Crippen LogP contribution < -0.4 is 9.47 Å². The zero-order chi connectivity index (χ0) is 25.1. The van der Waals surface area contributed by atoms with Crippen LogP contribution in [0.5, 0.6) is 11.6 Å². The number of carboxylic acids is 1. The Bertz CT molecular complexity index is 1230. The molecule has 2 saturated carbocycles. The van der Waals surface area contributed by atoms with Crippen LogP contribution in [-0.4, -0.2) is 48.2 Å². The highest BCUT2D eigenvalue weighted by Crippen LogP contribution is 2.31. The van der Waals surface area contributed by atoms with Crippen molar-refractivity contribution in [3.63, 3.8) is 0 Å². The summed E-state index contributed by atoms with van der Waals surface area (Å²) in [6.45, 7) is 2.66. The molecule has 36 heavy (non-hydrogen) atoms. The highest BCUT2D eigenvalue weighted by Gasteiger charge is 2.28. The first-order valence-corrected chi connectivity index (χ1v) is 12.4.